The van der Waals surface area contributed by atoms with Gasteiger partial charge in [0.05, 0.1) is 32.5 Å². The zero-order valence-corrected chi connectivity index (χ0v) is 23.0. The Balaban J connectivity index is 1.19. The van der Waals surface area contributed by atoms with E-state index >= 15 is 0 Å². The van der Waals surface area contributed by atoms with Crippen LogP contribution in [0.1, 0.15) is 36.8 Å². The van der Waals surface area contributed by atoms with Gasteiger partial charge in [0.25, 0.3) is 0 Å². The van der Waals surface area contributed by atoms with E-state index in [2.05, 4.69) is 15.1 Å². The molecule has 0 radical (unpaired) electrons. The van der Waals surface area contributed by atoms with Crippen LogP contribution < -0.4 is 19.7 Å². The maximum Gasteiger partial charge on any atom is 0.416 e. The molecule has 38 heavy (non-hydrogen) atoms. The number of ether oxygens (including phenoxy) is 3. The molecular formula is C28H36F3N3O3S. The quantitative estimate of drug-likeness (QED) is 0.409. The minimum atomic E-state index is -4.35. The summed E-state index contributed by atoms with van der Waals surface area (Å²) in [6.45, 7) is 5.25. The topological polar surface area (TPSA) is 46.2 Å². The molecule has 1 aliphatic carbocycles. The molecule has 4 rings (SSSR count). The summed E-state index contributed by atoms with van der Waals surface area (Å²) in [6, 6.07) is 10.5. The third-order valence-corrected chi connectivity index (χ3v) is 7.77. The van der Waals surface area contributed by atoms with E-state index in [0.717, 1.165) is 62.5 Å². The van der Waals surface area contributed by atoms with Gasteiger partial charge in [0.1, 0.15) is 4.99 Å². The summed E-state index contributed by atoms with van der Waals surface area (Å²) < 4.78 is 56.6. The fourth-order valence-corrected chi connectivity index (χ4v) is 5.39. The van der Waals surface area contributed by atoms with Crippen molar-refractivity contribution in [3.63, 3.8) is 0 Å². The van der Waals surface area contributed by atoms with Crippen LogP contribution in [-0.4, -0.2) is 69.0 Å². The number of halogens is 3. The van der Waals surface area contributed by atoms with Crippen molar-refractivity contribution in [3.05, 3.63) is 47.5 Å². The molecule has 0 unspecified atom stereocenters. The molecule has 10 heteroatoms. The first kappa shape index (κ1) is 28.3. The molecule has 2 aliphatic rings. The number of hydrogen-bond donors (Lipinski definition) is 1. The van der Waals surface area contributed by atoms with Gasteiger partial charge in [0, 0.05) is 49.7 Å². The van der Waals surface area contributed by atoms with Crippen LogP contribution in [0, 0.1) is 6.92 Å². The maximum absolute atomic E-state index is 13.2. The highest BCUT2D eigenvalue weighted by Gasteiger charge is 2.33. The molecule has 1 saturated carbocycles. The lowest BCUT2D eigenvalue weighted by Crippen LogP contribution is -2.49. The van der Waals surface area contributed by atoms with Crippen LogP contribution in [0.2, 0.25) is 0 Å². The van der Waals surface area contributed by atoms with Gasteiger partial charge in [-0.25, -0.2) is 0 Å². The highest BCUT2D eigenvalue weighted by molar-refractivity contribution is 7.80. The second kappa shape index (κ2) is 12.4. The Kier molecular flexibility index (Phi) is 9.25. The van der Waals surface area contributed by atoms with Crippen molar-refractivity contribution >= 4 is 28.6 Å². The molecule has 1 aliphatic heterocycles. The Bertz CT molecular complexity index is 1100. The van der Waals surface area contributed by atoms with E-state index in [1.54, 1.807) is 20.3 Å². The minimum absolute atomic E-state index is 0.114. The van der Waals surface area contributed by atoms with Gasteiger partial charge in [-0.2, -0.15) is 13.2 Å². The van der Waals surface area contributed by atoms with Gasteiger partial charge in [-0.3, -0.25) is 0 Å². The summed E-state index contributed by atoms with van der Waals surface area (Å²) in [5.41, 5.74) is 1.26. The molecule has 1 N–H and O–H groups in total. The van der Waals surface area contributed by atoms with Crippen LogP contribution >= 0.6 is 12.2 Å². The first-order valence-electron chi connectivity index (χ1n) is 13.0. The fourth-order valence-electron chi connectivity index (χ4n) is 5.14. The minimum Gasteiger partial charge on any atom is -0.493 e. The Hall–Kier alpha value is -2.72. The average molecular weight is 552 g/mol. The van der Waals surface area contributed by atoms with Gasteiger partial charge in [0.2, 0.25) is 0 Å². The van der Waals surface area contributed by atoms with Gasteiger partial charge in [-0.05, 0) is 62.4 Å². The van der Waals surface area contributed by atoms with Crippen LogP contribution in [-0.2, 0) is 10.9 Å². The predicted molar refractivity (Wildman–Crippen MR) is 148 cm³/mol. The van der Waals surface area contributed by atoms with Crippen LogP contribution in [0.15, 0.2) is 36.4 Å². The third kappa shape index (κ3) is 7.02. The van der Waals surface area contributed by atoms with Crippen LogP contribution in [0.25, 0.3) is 0 Å². The monoisotopic (exact) mass is 551 g/mol. The van der Waals surface area contributed by atoms with Crippen LogP contribution in [0.3, 0.4) is 0 Å². The van der Waals surface area contributed by atoms with Crippen molar-refractivity contribution in [1.29, 1.82) is 0 Å². The summed E-state index contributed by atoms with van der Waals surface area (Å²) in [5, 5.41) is 3.28. The van der Waals surface area contributed by atoms with Gasteiger partial charge < -0.3 is 29.3 Å². The smallest absolute Gasteiger partial charge is 0.416 e. The lowest BCUT2D eigenvalue weighted by atomic mass is 9.92. The molecular weight excluding hydrogens is 515 g/mol. The number of methoxy groups -OCH3 is 2. The number of aryl methyl sites for hydroxylation is 1. The molecule has 6 nitrogen and oxygen atoms in total. The molecule has 2 aromatic carbocycles. The molecule has 1 saturated heterocycles. The van der Waals surface area contributed by atoms with Gasteiger partial charge >= 0.3 is 6.18 Å². The zero-order valence-electron chi connectivity index (χ0n) is 22.1. The van der Waals surface area contributed by atoms with E-state index in [1.165, 1.54) is 19.1 Å². The van der Waals surface area contributed by atoms with Crippen molar-refractivity contribution in [1.82, 2.24) is 4.90 Å². The second-order valence-electron chi connectivity index (χ2n) is 9.86. The first-order valence-corrected chi connectivity index (χ1v) is 13.4. The number of hydrogen-bond acceptors (Lipinski definition) is 6. The maximum atomic E-state index is 13.2. The van der Waals surface area contributed by atoms with Crippen molar-refractivity contribution in [2.75, 3.05) is 57.2 Å². The van der Waals surface area contributed by atoms with E-state index in [9.17, 15) is 13.2 Å². The van der Waals surface area contributed by atoms with E-state index in [-0.39, 0.29) is 17.7 Å². The predicted octanol–water partition coefficient (Wildman–Crippen LogP) is 5.92. The van der Waals surface area contributed by atoms with E-state index in [4.69, 9.17) is 26.4 Å². The van der Waals surface area contributed by atoms with Crippen molar-refractivity contribution in [2.24, 2.45) is 0 Å². The van der Waals surface area contributed by atoms with Gasteiger partial charge in [-0.1, -0.05) is 18.3 Å². The van der Waals surface area contributed by atoms with E-state index in [0.29, 0.717) is 23.8 Å². The Morgan fingerprint density at radius 3 is 2.26 bits per heavy atom. The normalized spacial score (nSPS) is 20.3. The summed E-state index contributed by atoms with van der Waals surface area (Å²) in [4.78, 5) is 5.33. The van der Waals surface area contributed by atoms with Crippen molar-refractivity contribution < 1.29 is 27.4 Å². The number of nitrogens with zero attached hydrogens (tertiary/aromatic N) is 2. The van der Waals surface area contributed by atoms with Gasteiger partial charge in [0.15, 0.2) is 11.5 Å². The molecule has 0 aromatic heterocycles. The molecule has 2 fully saturated rings. The van der Waals surface area contributed by atoms with Crippen molar-refractivity contribution in [3.8, 4) is 11.5 Å². The Morgan fingerprint density at radius 1 is 0.947 bits per heavy atom. The molecule has 0 spiro atoms. The van der Waals surface area contributed by atoms with E-state index < -0.39 is 11.7 Å². The molecule has 0 amide bonds. The molecule has 208 valence electrons. The number of thiocarbonyl (C=S) groups is 1. The standard InChI is InChI=1S/C28H36F3N3O3S/c1-19-4-5-21(16-24(19)28(29,30)31)32-20-6-9-23(10-7-20)37-18-27(38)34-14-12-33(13-15-34)22-8-11-25(35-2)26(17-22)36-3/h4-5,8,11,16-17,20,23,32H,6-7,9-10,12-15,18H2,1-3H3. The molecule has 1 heterocycles. The highest BCUT2D eigenvalue weighted by Crippen LogP contribution is 2.35. The number of rotatable bonds is 8. The number of benzene rings is 2. The number of alkyl halides is 3. The fraction of sp³-hybridized carbons (Fsp3) is 0.536. The van der Waals surface area contributed by atoms with Crippen molar-refractivity contribution in [2.45, 2.75) is 50.9 Å². The molecule has 2 aromatic rings. The summed E-state index contributed by atoms with van der Waals surface area (Å²) >= 11 is 5.67. The number of anilines is 2. The summed E-state index contributed by atoms with van der Waals surface area (Å²) in [5.74, 6) is 1.43. The second-order valence-corrected chi connectivity index (χ2v) is 10.3. The lowest BCUT2D eigenvalue weighted by Gasteiger charge is -2.38. The van der Waals surface area contributed by atoms with Gasteiger partial charge in [-0.15, -0.1) is 0 Å². The largest absolute Gasteiger partial charge is 0.493 e. The number of piperazine rings is 1. The first-order chi connectivity index (χ1) is 18.2. The van der Waals surface area contributed by atoms with Crippen LogP contribution in [0.4, 0.5) is 24.5 Å². The number of nitrogens with one attached hydrogen (secondary N) is 1. The Morgan fingerprint density at radius 2 is 1.63 bits per heavy atom. The van der Waals surface area contributed by atoms with Crippen LogP contribution in [0.5, 0.6) is 11.5 Å². The zero-order chi connectivity index (χ0) is 27.3. The SMILES string of the molecule is COc1ccc(N2CCN(C(=S)COC3CCC(Nc4ccc(C)c(C(F)(F)F)c4)CC3)CC2)cc1OC. The Labute approximate surface area is 228 Å². The molecule has 0 bridgehead atoms. The summed E-state index contributed by atoms with van der Waals surface area (Å²) in [7, 11) is 3.27. The summed E-state index contributed by atoms with van der Waals surface area (Å²) in [6.07, 6.45) is -0.839. The lowest BCUT2D eigenvalue weighted by molar-refractivity contribution is -0.138. The molecule has 0 atom stereocenters. The average Bonchev–Trinajstić information content (AvgIpc) is 2.92. The third-order valence-electron chi connectivity index (χ3n) is 7.40. The highest BCUT2D eigenvalue weighted by atomic mass is 32.1. The van der Waals surface area contributed by atoms with E-state index in [1.807, 2.05) is 18.2 Å².